The van der Waals surface area contributed by atoms with Crippen molar-refractivity contribution in [3.63, 3.8) is 0 Å². The predicted octanol–water partition coefficient (Wildman–Crippen LogP) is 1.17. The first-order valence-electron chi connectivity index (χ1n) is 20.2. The number of hydrogen-bond acceptors (Lipinski definition) is 15. The van der Waals surface area contributed by atoms with Gasteiger partial charge in [-0.25, -0.2) is 0 Å². The van der Waals surface area contributed by atoms with E-state index in [4.69, 9.17) is 54.1 Å². The van der Waals surface area contributed by atoms with Crippen LogP contribution in [0.4, 0.5) is 0 Å². The molecule has 24 heteroatoms. The van der Waals surface area contributed by atoms with Gasteiger partial charge in [0.25, 0.3) is 0 Å². The van der Waals surface area contributed by atoms with Crippen molar-refractivity contribution in [3.05, 3.63) is 20.9 Å². The number of azide groups is 2. The second-order valence-corrected chi connectivity index (χ2v) is 12.6. The van der Waals surface area contributed by atoms with Crippen LogP contribution in [0.2, 0.25) is 0 Å². The number of hydrogen-bond donors (Lipinski definition) is 5. The number of carboxylic acid groups (broad SMARTS) is 1. The summed E-state index contributed by atoms with van der Waals surface area (Å²) >= 11 is 0. The van der Waals surface area contributed by atoms with Gasteiger partial charge in [0.2, 0.25) is 23.6 Å². The third kappa shape index (κ3) is 39.1. The Hall–Kier alpha value is -4.35. The molecule has 5 N–H and O–H groups in total. The molecule has 0 fully saturated rings. The Labute approximate surface area is 350 Å². The minimum atomic E-state index is -0.914. The fraction of sp³-hybridized carbons (Fsp3) is 0.861. The van der Waals surface area contributed by atoms with Gasteiger partial charge in [0, 0.05) is 49.3 Å². The van der Waals surface area contributed by atoms with Crippen molar-refractivity contribution in [2.45, 2.75) is 70.4 Å². The number of aliphatic carboxylic acids is 1. The summed E-state index contributed by atoms with van der Waals surface area (Å²) in [5.41, 5.74) is 16.8. The van der Waals surface area contributed by atoms with Gasteiger partial charge in [0.1, 0.15) is 12.1 Å². The molecule has 0 aromatic carbocycles. The number of carboxylic acids is 1. The van der Waals surface area contributed by atoms with E-state index < -0.39 is 18.1 Å². The van der Waals surface area contributed by atoms with E-state index >= 15 is 0 Å². The van der Waals surface area contributed by atoms with Crippen LogP contribution in [-0.2, 0) is 61.9 Å². The fourth-order valence-corrected chi connectivity index (χ4v) is 4.79. The van der Waals surface area contributed by atoms with Gasteiger partial charge in [0.15, 0.2) is 0 Å². The van der Waals surface area contributed by atoms with Crippen LogP contribution < -0.4 is 21.3 Å². The van der Waals surface area contributed by atoms with Gasteiger partial charge in [-0.3, -0.25) is 24.0 Å². The van der Waals surface area contributed by atoms with Gasteiger partial charge in [-0.15, -0.1) is 0 Å². The minimum Gasteiger partial charge on any atom is -0.481 e. The molecule has 60 heavy (non-hydrogen) atoms. The van der Waals surface area contributed by atoms with E-state index in [-0.39, 0.29) is 89.1 Å². The van der Waals surface area contributed by atoms with Crippen LogP contribution in [0.15, 0.2) is 10.2 Å². The summed E-state index contributed by atoms with van der Waals surface area (Å²) in [5, 5.41) is 26.4. The number of amides is 4. The highest BCUT2D eigenvalue weighted by atomic mass is 16.6. The van der Waals surface area contributed by atoms with Crippen molar-refractivity contribution >= 4 is 29.6 Å². The van der Waals surface area contributed by atoms with E-state index in [1.54, 1.807) is 0 Å². The molecule has 0 saturated heterocycles. The Bertz CT molecular complexity index is 1240. The Morgan fingerprint density at radius 2 is 0.867 bits per heavy atom. The van der Waals surface area contributed by atoms with Crippen molar-refractivity contribution in [2.24, 2.45) is 10.2 Å². The molecule has 0 unspecified atom stereocenters. The van der Waals surface area contributed by atoms with E-state index in [9.17, 15) is 24.0 Å². The lowest BCUT2D eigenvalue weighted by Gasteiger charge is -2.18. The van der Waals surface area contributed by atoms with Gasteiger partial charge in [-0.2, -0.15) is 0 Å². The molecule has 0 aliphatic heterocycles. The minimum absolute atomic E-state index is 0.0417. The molecular weight excluding hydrogens is 796 g/mol. The lowest BCUT2D eigenvalue weighted by atomic mass is 10.1. The van der Waals surface area contributed by atoms with E-state index in [1.165, 1.54) is 6.92 Å². The maximum atomic E-state index is 12.8. The molecule has 0 aromatic heterocycles. The fourth-order valence-electron chi connectivity index (χ4n) is 4.79. The zero-order valence-corrected chi connectivity index (χ0v) is 34.9. The largest absolute Gasteiger partial charge is 0.481 e. The standard InChI is InChI=1S/C36H66N10O14/c1-30(47)43-31(6-2-4-10-41-45-37)35(51)39-12-16-55-20-24-59-28-26-57-22-18-53-14-8-33(48)44-32(7-3-5-11-42-46-38)36(52)40-13-17-56-21-25-60-29-27-58-23-19-54-15-9-34(49)50/h31-32H,2-29H2,1H3,(H,39,51)(H,40,52)(H,43,47)(H,44,48)(H,49,50)/t31-,32-/m0/s1. The maximum Gasteiger partial charge on any atom is 0.305 e. The highest BCUT2D eigenvalue weighted by Crippen LogP contribution is 2.04. The topological polar surface area (TPSA) is 325 Å². The summed E-state index contributed by atoms with van der Waals surface area (Å²) in [7, 11) is 0. The quantitative estimate of drug-likeness (QED) is 0.0249. The first-order valence-corrected chi connectivity index (χ1v) is 20.2. The van der Waals surface area contributed by atoms with Crippen LogP contribution in [0.1, 0.15) is 58.3 Å². The molecule has 0 rings (SSSR count). The zero-order chi connectivity index (χ0) is 44.2. The van der Waals surface area contributed by atoms with Crippen LogP contribution in [0, 0.1) is 0 Å². The normalized spacial score (nSPS) is 11.8. The maximum absolute atomic E-state index is 12.8. The molecule has 4 amide bonds. The lowest BCUT2D eigenvalue weighted by Crippen LogP contribution is -2.47. The SMILES string of the molecule is CC(=O)N[C@@H](CCCCN=[N+]=[N-])C(=O)NCCOCCOCCOCCOCCC(=O)N[C@@H](CCCCN=[N+]=[N-])C(=O)NCCOCCOCCOCCOCCC(=O)O. The number of carbonyl (C=O) groups is 5. The molecule has 2 atom stereocenters. The summed E-state index contributed by atoms with van der Waals surface area (Å²) in [4.78, 5) is 65.1. The summed E-state index contributed by atoms with van der Waals surface area (Å²) in [6, 6.07) is -1.45. The Balaban J connectivity index is 4.01. The van der Waals surface area contributed by atoms with Crippen molar-refractivity contribution in [1.82, 2.24) is 21.3 Å². The summed E-state index contributed by atoms with van der Waals surface area (Å²) in [6.45, 7) is 7.09. The molecule has 344 valence electrons. The van der Waals surface area contributed by atoms with Crippen molar-refractivity contribution in [3.8, 4) is 0 Å². The Morgan fingerprint density at radius 3 is 1.23 bits per heavy atom. The van der Waals surface area contributed by atoms with E-state index in [2.05, 4.69) is 41.3 Å². The van der Waals surface area contributed by atoms with E-state index in [1.807, 2.05) is 0 Å². The van der Waals surface area contributed by atoms with Crippen molar-refractivity contribution in [1.29, 1.82) is 0 Å². The summed E-state index contributed by atoms with van der Waals surface area (Å²) in [6.07, 6.45) is 3.13. The molecule has 0 aliphatic rings. The smallest absolute Gasteiger partial charge is 0.305 e. The predicted molar refractivity (Wildman–Crippen MR) is 215 cm³/mol. The number of unbranched alkanes of at least 4 members (excludes halogenated alkanes) is 2. The van der Waals surface area contributed by atoms with Gasteiger partial charge in [0.05, 0.1) is 112 Å². The van der Waals surface area contributed by atoms with E-state index in [0.29, 0.717) is 118 Å². The summed E-state index contributed by atoms with van der Waals surface area (Å²) < 4.78 is 43.2. The van der Waals surface area contributed by atoms with Crippen molar-refractivity contribution < 1.29 is 67.0 Å². The van der Waals surface area contributed by atoms with E-state index in [0.717, 1.165) is 0 Å². The number of nitrogens with one attached hydrogen (secondary N) is 4. The van der Waals surface area contributed by atoms with Gasteiger partial charge < -0.3 is 64.3 Å². The van der Waals surface area contributed by atoms with Gasteiger partial charge >= 0.3 is 5.97 Å². The molecule has 0 aromatic rings. The van der Waals surface area contributed by atoms with Crippen LogP contribution in [-0.4, -0.2) is 179 Å². The molecule has 0 aliphatic carbocycles. The second kappa shape index (κ2) is 42.8. The van der Waals surface area contributed by atoms with Crippen LogP contribution in [0.25, 0.3) is 20.9 Å². The lowest BCUT2D eigenvalue weighted by molar-refractivity contribution is -0.138. The third-order valence-electron chi connectivity index (χ3n) is 7.73. The molecule has 0 spiro atoms. The van der Waals surface area contributed by atoms with Gasteiger partial charge in [-0.1, -0.05) is 23.1 Å². The second-order valence-electron chi connectivity index (χ2n) is 12.6. The summed E-state index contributed by atoms with van der Waals surface area (Å²) in [5.74, 6) is -2.24. The van der Waals surface area contributed by atoms with Gasteiger partial charge in [-0.05, 0) is 36.7 Å². The number of nitrogens with zero attached hydrogens (tertiary/aromatic N) is 6. The molecule has 24 nitrogen and oxygen atoms in total. The molecular formula is C36H66N10O14. The van der Waals surface area contributed by atoms with Crippen LogP contribution >= 0.6 is 0 Å². The Kier molecular flexibility index (Phi) is 39.7. The molecule has 0 radical (unpaired) electrons. The first kappa shape index (κ1) is 55.7. The van der Waals surface area contributed by atoms with Crippen molar-refractivity contribution in [2.75, 3.05) is 132 Å². The third-order valence-corrected chi connectivity index (χ3v) is 7.73. The van der Waals surface area contributed by atoms with Crippen LogP contribution in [0.3, 0.4) is 0 Å². The first-order chi connectivity index (χ1) is 29.2. The number of carbonyl (C=O) groups excluding carboxylic acids is 4. The molecule has 0 heterocycles. The molecule has 0 saturated carbocycles. The zero-order valence-electron chi connectivity index (χ0n) is 34.9. The monoisotopic (exact) mass is 862 g/mol. The Morgan fingerprint density at radius 1 is 0.517 bits per heavy atom. The average molecular weight is 863 g/mol. The average Bonchev–Trinajstić information content (AvgIpc) is 3.22. The number of ether oxygens (including phenoxy) is 8. The highest BCUT2D eigenvalue weighted by molar-refractivity contribution is 5.87. The van der Waals surface area contributed by atoms with Crippen LogP contribution in [0.5, 0.6) is 0 Å². The highest BCUT2D eigenvalue weighted by Gasteiger charge is 2.20. The molecule has 0 bridgehead atoms. The number of rotatable bonds is 44.